The van der Waals surface area contributed by atoms with E-state index < -0.39 is 0 Å². The molecule has 3 aromatic rings. The molecular weight excluding hydrogens is 380 g/mol. The summed E-state index contributed by atoms with van der Waals surface area (Å²) >= 11 is 0. The first-order valence-corrected chi connectivity index (χ1v) is 10.4. The lowest BCUT2D eigenvalue weighted by atomic mass is 9.97. The van der Waals surface area contributed by atoms with Gasteiger partial charge in [0.15, 0.2) is 5.82 Å². The number of carbonyl (C=O) groups excluding carboxylic acids is 1. The number of hydrogen-bond donors (Lipinski definition) is 1. The van der Waals surface area contributed by atoms with Crippen molar-refractivity contribution in [3.8, 4) is 11.4 Å². The Morgan fingerprint density at radius 2 is 2.00 bits per heavy atom. The number of carbonyl (C=O) groups is 1. The van der Waals surface area contributed by atoms with E-state index in [-0.39, 0.29) is 11.8 Å². The molecule has 158 valence electrons. The molecule has 1 aromatic carbocycles. The maximum absolute atomic E-state index is 12.4. The van der Waals surface area contributed by atoms with Crippen LogP contribution in [0, 0.1) is 19.8 Å². The zero-order valence-corrected chi connectivity index (χ0v) is 18.0. The van der Waals surface area contributed by atoms with E-state index in [4.69, 9.17) is 9.84 Å². The number of amides is 1. The maximum Gasteiger partial charge on any atom is 0.224 e. The SMILES string of the molecule is CCNC(=O)C1CCCN(c2nnc(C)c3c(C)n(-c4ccc(OC)cc4)nc23)C1. The molecule has 30 heavy (non-hydrogen) atoms. The lowest BCUT2D eigenvalue weighted by Crippen LogP contribution is -2.43. The van der Waals surface area contributed by atoms with Crippen molar-refractivity contribution in [3.63, 3.8) is 0 Å². The highest BCUT2D eigenvalue weighted by atomic mass is 16.5. The Kier molecular flexibility index (Phi) is 5.57. The summed E-state index contributed by atoms with van der Waals surface area (Å²) in [5.41, 5.74) is 3.64. The Bertz CT molecular complexity index is 1060. The first-order valence-electron chi connectivity index (χ1n) is 10.4. The van der Waals surface area contributed by atoms with Crippen molar-refractivity contribution in [2.45, 2.75) is 33.6 Å². The van der Waals surface area contributed by atoms with Gasteiger partial charge in [0.25, 0.3) is 0 Å². The van der Waals surface area contributed by atoms with Crippen LogP contribution < -0.4 is 15.0 Å². The van der Waals surface area contributed by atoms with Gasteiger partial charge in [-0.25, -0.2) is 4.68 Å². The van der Waals surface area contributed by atoms with Gasteiger partial charge in [0, 0.05) is 19.6 Å². The van der Waals surface area contributed by atoms with Gasteiger partial charge in [0.05, 0.1) is 35.5 Å². The summed E-state index contributed by atoms with van der Waals surface area (Å²) in [7, 11) is 1.65. The zero-order valence-electron chi connectivity index (χ0n) is 18.0. The number of hydrogen-bond acceptors (Lipinski definition) is 6. The minimum absolute atomic E-state index is 0.0402. The Hall–Kier alpha value is -3.16. The van der Waals surface area contributed by atoms with Crippen molar-refractivity contribution in [1.29, 1.82) is 0 Å². The molecule has 0 saturated carbocycles. The summed E-state index contributed by atoms with van der Waals surface area (Å²) in [5, 5.41) is 17.8. The van der Waals surface area contributed by atoms with Crippen LogP contribution in [-0.4, -0.2) is 52.6 Å². The molecule has 1 amide bonds. The minimum atomic E-state index is -0.0402. The van der Waals surface area contributed by atoms with Crippen molar-refractivity contribution in [2.24, 2.45) is 5.92 Å². The number of aromatic nitrogens is 4. The van der Waals surface area contributed by atoms with Crippen molar-refractivity contribution in [3.05, 3.63) is 35.7 Å². The molecule has 3 heterocycles. The molecule has 0 radical (unpaired) electrons. The molecule has 1 aliphatic heterocycles. The van der Waals surface area contributed by atoms with E-state index >= 15 is 0 Å². The van der Waals surface area contributed by atoms with Crippen LogP contribution in [0.15, 0.2) is 24.3 Å². The number of aryl methyl sites for hydroxylation is 2. The first kappa shape index (κ1) is 20.1. The fraction of sp³-hybridized carbons (Fsp3) is 0.455. The van der Waals surface area contributed by atoms with Gasteiger partial charge in [0.1, 0.15) is 11.3 Å². The molecule has 1 saturated heterocycles. The van der Waals surface area contributed by atoms with Crippen LogP contribution in [0.3, 0.4) is 0 Å². The Morgan fingerprint density at radius 1 is 1.23 bits per heavy atom. The highest BCUT2D eigenvalue weighted by Crippen LogP contribution is 2.31. The van der Waals surface area contributed by atoms with Gasteiger partial charge in [-0.2, -0.15) is 10.2 Å². The molecule has 1 fully saturated rings. The Labute approximate surface area is 176 Å². The number of nitrogens with zero attached hydrogens (tertiary/aromatic N) is 5. The fourth-order valence-corrected chi connectivity index (χ4v) is 4.20. The topological polar surface area (TPSA) is 85.2 Å². The van der Waals surface area contributed by atoms with Gasteiger partial charge >= 0.3 is 0 Å². The lowest BCUT2D eigenvalue weighted by Gasteiger charge is -2.32. The van der Waals surface area contributed by atoms with E-state index in [9.17, 15) is 4.79 Å². The number of methoxy groups -OCH3 is 1. The van der Waals surface area contributed by atoms with E-state index in [1.807, 2.05) is 49.7 Å². The molecule has 1 aliphatic rings. The summed E-state index contributed by atoms with van der Waals surface area (Å²) in [6.45, 7) is 8.08. The molecule has 1 atom stereocenters. The average Bonchev–Trinajstić information content (AvgIpc) is 3.12. The summed E-state index contributed by atoms with van der Waals surface area (Å²) in [4.78, 5) is 14.5. The van der Waals surface area contributed by atoms with Crippen LogP contribution in [0.2, 0.25) is 0 Å². The molecule has 1 N–H and O–H groups in total. The standard InChI is InChI=1S/C22H28N6O2/c1-5-23-22(29)16-7-6-12-27(13-16)21-20-19(14(2)24-25-21)15(3)28(26-20)17-8-10-18(30-4)11-9-17/h8-11,16H,5-7,12-13H2,1-4H3,(H,23,29). The van der Waals surface area contributed by atoms with Gasteiger partial charge in [-0.15, -0.1) is 5.10 Å². The number of piperidine rings is 1. The number of rotatable bonds is 5. The first-order chi connectivity index (χ1) is 14.5. The van der Waals surface area contributed by atoms with E-state index in [0.717, 1.165) is 58.9 Å². The lowest BCUT2D eigenvalue weighted by molar-refractivity contribution is -0.125. The molecule has 8 heteroatoms. The normalized spacial score (nSPS) is 16.7. The average molecular weight is 409 g/mol. The second-order valence-electron chi connectivity index (χ2n) is 7.71. The van der Waals surface area contributed by atoms with E-state index in [2.05, 4.69) is 20.4 Å². The molecule has 0 bridgehead atoms. The number of ether oxygens (including phenoxy) is 1. The number of anilines is 1. The van der Waals surface area contributed by atoms with Crippen molar-refractivity contribution in [2.75, 3.05) is 31.6 Å². The molecule has 0 aliphatic carbocycles. The highest BCUT2D eigenvalue weighted by Gasteiger charge is 2.29. The van der Waals surface area contributed by atoms with Gasteiger partial charge in [-0.3, -0.25) is 4.79 Å². The van der Waals surface area contributed by atoms with Crippen LogP contribution in [0.5, 0.6) is 5.75 Å². The van der Waals surface area contributed by atoms with E-state index in [0.29, 0.717) is 13.1 Å². The third-order valence-corrected chi connectivity index (χ3v) is 5.74. The van der Waals surface area contributed by atoms with Crippen LogP contribution in [0.4, 0.5) is 5.82 Å². The molecule has 0 spiro atoms. The third kappa shape index (κ3) is 3.58. The van der Waals surface area contributed by atoms with Crippen molar-refractivity contribution >= 4 is 22.6 Å². The molecule has 1 unspecified atom stereocenters. The van der Waals surface area contributed by atoms with Crippen LogP contribution >= 0.6 is 0 Å². The molecule has 8 nitrogen and oxygen atoms in total. The quantitative estimate of drug-likeness (QED) is 0.699. The Balaban J connectivity index is 1.74. The predicted octanol–water partition coefficient (Wildman–Crippen LogP) is 2.79. The number of benzene rings is 1. The fourth-order valence-electron chi connectivity index (χ4n) is 4.20. The third-order valence-electron chi connectivity index (χ3n) is 5.74. The highest BCUT2D eigenvalue weighted by molar-refractivity contribution is 5.92. The summed E-state index contributed by atoms with van der Waals surface area (Å²) in [6, 6.07) is 7.82. The van der Waals surface area contributed by atoms with Crippen LogP contribution in [0.1, 0.15) is 31.2 Å². The minimum Gasteiger partial charge on any atom is -0.497 e. The monoisotopic (exact) mass is 408 g/mol. The largest absolute Gasteiger partial charge is 0.497 e. The van der Waals surface area contributed by atoms with Crippen molar-refractivity contribution < 1.29 is 9.53 Å². The maximum atomic E-state index is 12.4. The molecule has 2 aromatic heterocycles. The number of fused-ring (bicyclic) bond motifs is 1. The second-order valence-corrected chi connectivity index (χ2v) is 7.71. The summed E-state index contributed by atoms with van der Waals surface area (Å²) in [5.74, 6) is 1.62. The number of nitrogens with one attached hydrogen (secondary N) is 1. The second kappa shape index (κ2) is 8.30. The van der Waals surface area contributed by atoms with Crippen molar-refractivity contribution in [1.82, 2.24) is 25.3 Å². The van der Waals surface area contributed by atoms with Gasteiger partial charge in [-0.1, -0.05) is 0 Å². The summed E-state index contributed by atoms with van der Waals surface area (Å²) in [6.07, 6.45) is 1.83. The Morgan fingerprint density at radius 3 is 2.70 bits per heavy atom. The smallest absolute Gasteiger partial charge is 0.224 e. The molecular formula is C22H28N6O2. The molecule has 4 rings (SSSR count). The van der Waals surface area contributed by atoms with Gasteiger partial charge in [-0.05, 0) is 57.9 Å². The predicted molar refractivity (Wildman–Crippen MR) is 116 cm³/mol. The summed E-state index contributed by atoms with van der Waals surface area (Å²) < 4.78 is 7.20. The zero-order chi connectivity index (χ0) is 21.3. The van der Waals surface area contributed by atoms with Gasteiger partial charge in [0.2, 0.25) is 5.91 Å². The van der Waals surface area contributed by atoms with Gasteiger partial charge < -0.3 is 15.0 Å². The van der Waals surface area contributed by atoms with E-state index in [1.54, 1.807) is 7.11 Å². The van der Waals surface area contributed by atoms with Crippen LogP contribution in [0.25, 0.3) is 16.6 Å². The van der Waals surface area contributed by atoms with E-state index in [1.165, 1.54) is 0 Å². The van der Waals surface area contributed by atoms with Crippen LogP contribution in [-0.2, 0) is 4.79 Å².